The summed E-state index contributed by atoms with van der Waals surface area (Å²) in [6.45, 7) is 1.34. The Bertz CT molecular complexity index is 1190. The van der Waals surface area contributed by atoms with Crippen LogP contribution in [0.2, 0.25) is 0 Å². The first-order chi connectivity index (χ1) is 15.0. The summed E-state index contributed by atoms with van der Waals surface area (Å²) in [6.07, 6.45) is 6.74. The van der Waals surface area contributed by atoms with E-state index in [2.05, 4.69) is 29.2 Å². The van der Waals surface area contributed by atoms with Crippen LogP contribution in [-0.2, 0) is 31.9 Å². The van der Waals surface area contributed by atoms with Gasteiger partial charge in [0, 0.05) is 39.6 Å². The van der Waals surface area contributed by atoms with E-state index < -0.39 is 5.69 Å². The lowest BCUT2D eigenvalue weighted by Crippen LogP contribution is -2.37. The molecule has 8 heteroatoms. The summed E-state index contributed by atoms with van der Waals surface area (Å²) < 4.78 is 4.22. The van der Waals surface area contributed by atoms with Gasteiger partial charge in [0.1, 0.15) is 0 Å². The normalized spacial score (nSPS) is 16.3. The van der Waals surface area contributed by atoms with Crippen LogP contribution < -0.4 is 11.2 Å². The van der Waals surface area contributed by atoms with E-state index >= 15 is 0 Å². The quantitative estimate of drug-likeness (QED) is 0.581. The van der Waals surface area contributed by atoms with E-state index in [1.165, 1.54) is 17.2 Å². The summed E-state index contributed by atoms with van der Waals surface area (Å²) >= 11 is 0. The lowest BCUT2D eigenvalue weighted by atomic mass is 10.0. The van der Waals surface area contributed by atoms with Gasteiger partial charge in [-0.15, -0.1) is 0 Å². The maximum Gasteiger partial charge on any atom is 0.332 e. The summed E-state index contributed by atoms with van der Waals surface area (Å²) in [6, 6.07) is 10.7. The van der Waals surface area contributed by atoms with E-state index in [0.717, 1.165) is 36.8 Å². The van der Waals surface area contributed by atoms with Crippen molar-refractivity contribution in [3.63, 3.8) is 0 Å². The number of nitrogens with zero attached hydrogens (tertiary/aromatic N) is 5. The molecule has 0 bridgehead atoms. The molecule has 1 amide bonds. The van der Waals surface area contributed by atoms with Crippen LogP contribution in [0.15, 0.2) is 46.2 Å². The molecule has 1 saturated heterocycles. The van der Waals surface area contributed by atoms with E-state index in [1.54, 1.807) is 17.9 Å². The van der Waals surface area contributed by atoms with Gasteiger partial charge in [0.15, 0.2) is 11.2 Å². The van der Waals surface area contributed by atoms with Crippen LogP contribution in [0.1, 0.15) is 37.7 Å². The van der Waals surface area contributed by atoms with Crippen LogP contribution in [0.25, 0.3) is 11.2 Å². The summed E-state index contributed by atoms with van der Waals surface area (Å²) in [7, 11) is 3.07. The summed E-state index contributed by atoms with van der Waals surface area (Å²) in [5.74, 6) is 0.181. The Morgan fingerprint density at radius 1 is 1.13 bits per heavy atom. The Kier molecular flexibility index (Phi) is 6.06. The van der Waals surface area contributed by atoms with Gasteiger partial charge < -0.3 is 9.47 Å². The van der Waals surface area contributed by atoms with Gasteiger partial charge in [-0.2, -0.15) is 0 Å². The topological polar surface area (TPSA) is 82.1 Å². The molecule has 4 rings (SSSR count). The summed E-state index contributed by atoms with van der Waals surface area (Å²) in [4.78, 5) is 43.7. The van der Waals surface area contributed by atoms with Gasteiger partial charge in [0.2, 0.25) is 5.91 Å². The zero-order chi connectivity index (χ0) is 22.0. The number of carbonyl (C=O) groups is 1. The lowest BCUT2D eigenvalue weighted by Gasteiger charge is -2.25. The molecule has 1 aliphatic rings. The second-order valence-electron chi connectivity index (χ2n) is 8.33. The number of rotatable bonds is 7. The Morgan fingerprint density at radius 3 is 2.68 bits per heavy atom. The largest absolute Gasteiger partial charge is 0.340 e. The molecule has 1 fully saturated rings. The van der Waals surface area contributed by atoms with Crippen LogP contribution in [0.5, 0.6) is 0 Å². The van der Waals surface area contributed by atoms with Crippen LogP contribution in [0.4, 0.5) is 0 Å². The zero-order valence-corrected chi connectivity index (χ0v) is 18.2. The highest BCUT2D eigenvalue weighted by Crippen LogP contribution is 2.23. The molecular formula is C23H29N5O3. The van der Waals surface area contributed by atoms with Gasteiger partial charge >= 0.3 is 5.69 Å². The molecule has 31 heavy (non-hydrogen) atoms. The van der Waals surface area contributed by atoms with E-state index in [-0.39, 0.29) is 11.5 Å². The average Bonchev–Trinajstić information content (AvgIpc) is 3.43. The highest BCUT2D eigenvalue weighted by Gasteiger charge is 2.28. The zero-order valence-electron chi connectivity index (χ0n) is 18.2. The number of amides is 1. The van der Waals surface area contributed by atoms with Gasteiger partial charge in [-0.25, -0.2) is 9.78 Å². The van der Waals surface area contributed by atoms with Crippen molar-refractivity contribution in [2.75, 3.05) is 6.54 Å². The fraction of sp³-hybridized carbons (Fsp3) is 0.478. The first kappa shape index (κ1) is 21.1. The first-order valence-corrected chi connectivity index (χ1v) is 10.9. The molecule has 0 saturated carbocycles. The Hall–Kier alpha value is -3.16. The van der Waals surface area contributed by atoms with Crippen LogP contribution in [0.3, 0.4) is 0 Å². The van der Waals surface area contributed by atoms with Crippen molar-refractivity contribution in [1.82, 2.24) is 23.6 Å². The molecule has 2 aromatic heterocycles. The van der Waals surface area contributed by atoms with Crippen LogP contribution in [-0.4, -0.2) is 42.1 Å². The maximum atomic E-state index is 12.9. The minimum atomic E-state index is -0.395. The van der Waals surface area contributed by atoms with Gasteiger partial charge in [-0.3, -0.25) is 18.7 Å². The van der Waals surface area contributed by atoms with Crippen molar-refractivity contribution in [2.45, 2.75) is 51.1 Å². The Morgan fingerprint density at radius 2 is 1.90 bits per heavy atom. The van der Waals surface area contributed by atoms with E-state index in [1.807, 2.05) is 11.0 Å². The van der Waals surface area contributed by atoms with E-state index in [0.29, 0.717) is 36.6 Å². The SMILES string of the molecule is Cn1c(=O)c2c(ncn2CCCC(=O)N2CCCC2CCc2ccccc2)n(C)c1=O. The van der Waals surface area contributed by atoms with Crippen LogP contribution >= 0.6 is 0 Å². The van der Waals surface area contributed by atoms with Gasteiger partial charge in [0.25, 0.3) is 5.56 Å². The van der Waals surface area contributed by atoms with Gasteiger partial charge in [-0.1, -0.05) is 30.3 Å². The van der Waals surface area contributed by atoms with Crippen molar-refractivity contribution in [3.8, 4) is 0 Å². The van der Waals surface area contributed by atoms with Crippen molar-refractivity contribution in [1.29, 1.82) is 0 Å². The standard InChI is InChI=1S/C23H29N5O3/c1-25-21-20(22(30)26(2)23(25)31)27(16-24-21)14-7-11-19(29)28-15-6-10-18(28)13-12-17-8-4-3-5-9-17/h3-5,8-9,16,18H,6-7,10-15H2,1-2H3. The van der Waals surface area contributed by atoms with E-state index in [9.17, 15) is 14.4 Å². The molecule has 0 radical (unpaired) electrons. The third kappa shape index (κ3) is 4.19. The highest BCUT2D eigenvalue weighted by atomic mass is 16.2. The molecule has 3 aromatic rings. The lowest BCUT2D eigenvalue weighted by molar-refractivity contribution is -0.132. The van der Waals surface area contributed by atoms with Gasteiger partial charge in [0.05, 0.1) is 6.33 Å². The number of aryl methyl sites for hydroxylation is 3. The molecule has 1 unspecified atom stereocenters. The predicted octanol–water partition coefficient (Wildman–Crippen LogP) is 1.84. The third-order valence-corrected chi connectivity index (χ3v) is 6.31. The number of fused-ring (bicyclic) bond motifs is 1. The molecule has 164 valence electrons. The molecule has 1 aromatic carbocycles. The van der Waals surface area contributed by atoms with E-state index in [4.69, 9.17) is 0 Å². The highest BCUT2D eigenvalue weighted by molar-refractivity contribution is 5.77. The first-order valence-electron chi connectivity index (χ1n) is 10.9. The minimum absolute atomic E-state index is 0.181. The Labute approximate surface area is 180 Å². The molecule has 0 aliphatic carbocycles. The fourth-order valence-corrected chi connectivity index (χ4v) is 4.55. The molecule has 3 heterocycles. The Balaban J connectivity index is 1.37. The summed E-state index contributed by atoms with van der Waals surface area (Å²) in [5.41, 5.74) is 1.33. The number of imidazole rings is 1. The predicted molar refractivity (Wildman–Crippen MR) is 119 cm³/mol. The second-order valence-corrected chi connectivity index (χ2v) is 8.33. The van der Waals surface area contributed by atoms with Crippen molar-refractivity contribution < 1.29 is 4.79 Å². The molecular weight excluding hydrogens is 394 g/mol. The number of likely N-dealkylation sites (tertiary alicyclic amines) is 1. The molecule has 8 nitrogen and oxygen atoms in total. The number of hydrogen-bond acceptors (Lipinski definition) is 4. The maximum absolute atomic E-state index is 12.9. The fourth-order valence-electron chi connectivity index (χ4n) is 4.55. The van der Waals surface area contributed by atoms with Crippen molar-refractivity contribution in [3.05, 3.63) is 63.1 Å². The third-order valence-electron chi connectivity index (χ3n) is 6.31. The number of aromatic nitrogens is 4. The number of carbonyl (C=O) groups excluding carboxylic acids is 1. The summed E-state index contributed by atoms with van der Waals surface area (Å²) in [5, 5.41) is 0. The van der Waals surface area contributed by atoms with Gasteiger partial charge in [-0.05, 0) is 37.7 Å². The average molecular weight is 424 g/mol. The molecule has 1 atom stereocenters. The molecule has 1 aliphatic heterocycles. The second kappa shape index (κ2) is 8.91. The minimum Gasteiger partial charge on any atom is -0.340 e. The monoisotopic (exact) mass is 423 g/mol. The molecule has 0 spiro atoms. The van der Waals surface area contributed by atoms with Crippen LogP contribution in [0, 0.1) is 0 Å². The molecule has 0 N–H and O–H groups in total. The smallest absolute Gasteiger partial charge is 0.332 e. The van der Waals surface area contributed by atoms with Crippen molar-refractivity contribution in [2.24, 2.45) is 14.1 Å². The number of benzene rings is 1. The number of hydrogen-bond donors (Lipinski definition) is 0. The van der Waals surface area contributed by atoms with Crippen molar-refractivity contribution >= 4 is 17.1 Å².